The van der Waals surface area contributed by atoms with E-state index in [1.165, 1.54) is 36.0 Å². The molecule has 0 atom stereocenters. The van der Waals surface area contributed by atoms with Crippen LogP contribution in [-0.2, 0) is 24.3 Å². The number of carbonyl (C=O) groups excluding carboxylic acids is 2. The first-order chi connectivity index (χ1) is 12.6. The topological polar surface area (TPSA) is 116 Å². The van der Waals surface area contributed by atoms with Crippen LogP contribution in [-0.4, -0.2) is 32.7 Å². The molecule has 0 saturated heterocycles. The maximum Gasteiger partial charge on any atom is 0.316 e. The van der Waals surface area contributed by atoms with Gasteiger partial charge in [-0.25, -0.2) is 13.6 Å². The van der Waals surface area contributed by atoms with Gasteiger partial charge in [-0.15, -0.1) is 11.8 Å². The SMILES string of the molecule is Cc1cc(Br)ccc1SCC(=O)OCC(=O)Nc1ccc(S(N)(=O)=O)cc1. The highest BCUT2D eigenvalue weighted by molar-refractivity contribution is 9.10. The average molecular weight is 473 g/mol. The van der Waals surface area contributed by atoms with Crippen LogP contribution in [0.3, 0.4) is 0 Å². The summed E-state index contributed by atoms with van der Waals surface area (Å²) in [5, 5.41) is 7.50. The van der Waals surface area contributed by atoms with Crippen LogP contribution in [0, 0.1) is 6.92 Å². The van der Waals surface area contributed by atoms with Crippen molar-refractivity contribution in [3.63, 3.8) is 0 Å². The molecule has 0 aliphatic heterocycles. The number of benzene rings is 2. The zero-order chi connectivity index (χ0) is 20.0. The Hall–Kier alpha value is -1.88. The van der Waals surface area contributed by atoms with Gasteiger partial charge < -0.3 is 10.1 Å². The molecule has 0 aliphatic rings. The maximum atomic E-state index is 11.8. The molecule has 1 amide bonds. The predicted octanol–water partition coefficient (Wildman–Crippen LogP) is 2.68. The number of nitrogens with one attached hydrogen (secondary N) is 1. The van der Waals surface area contributed by atoms with Gasteiger partial charge in [0.05, 0.1) is 10.6 Å². The molecule has 0 radical (unpaired) electrons. The molecule has 3 N–H and O–H groups in total. The zero-order valence-electron chi connectivity index (χ0n) is 14.3. The number of esters is 1. The lowest BCUT2D eigenvalue weighted by atomic mass is 10.2. The van der Waals surface area contributed by atoms with E-state index in [4.69, 9.17) is 9.88 Å². The van der Waals surface area contributed by atoms with Crippen LogP contribution in [0.2, 0.25) is 0 Å². The minimum Gasteiger partial charge on any atom is -0.455 e. The van der Waals surface area contributed by atoms with E-state index in [0.29, 0.717) is 5.69 Å². The van der Waals surface area contributed by atoms with Crippen LogP contribution in [0.15, 0.2) is 56.7 Å². The van der Waals surface area contributed by atoms with E-state index in [9.17, 15) is 18.0 Å². The lowest BCUT2D eigenvalue weighted by Gasteiger charge is -2.08. The molecule has 0 heterocycles. The Balaban J connectivity index is 1.78. The number of amides is 1. The second-order valence-electron chi connectivity index (χ2n) is 5.48. The van der Waals surface area contributed by atoms with Crippen molar-refractivity contribution in [3.8, 4) is 0 Å². The van der Waals surface area contributed by atoms with E-state index in [0.717, 1.165) is 14.9 Å². The summed E-state index contributed by atoms with van der Waals surface area (Å²) < 4.78 is 28.2. The van der Waals surface area contributed by atoms with Crippen molar-refractivity contribution in [1.82, 2.24) is 0 Å². The van der Waals surface area contributed by atoms with Crippen molar-refractivity contribution in [2.75, 3.05) is 17.7 Å². The van der Waals surface area contributed by atoms with Gasteiger partial charge in [0.25, 0.3) is 5.91 Å². The number of carbonyl (C=O) groups is 2. The van der Waals surface area contributed by atoms with Crippen molar-refractivity contribution in [3.05, 3.63) is 52.5 Å². The molecule has 27 heavy (non-hydrogen) atoms. The number of nitrogens with two attached hydrogens (primary N) is 1. The first-order valence-electron chi connectivity index (χ1n) is 7.62. The second kappa shape index (κ2) is 9.36. The summed E-state index contributed by atoms with van der Waals surface area (Å²) in [4.78, 5) is 24.5. The summed E-state index contributed by atoms with van der Waals surface area (Å²) in [6, 6.07) is 11.1. The molecule has 0 aromatic heterocycles. The van der Waals surface area contributed by atoms with Crippen molar-refractivity contribution >= 4 is 55.3 Å². The van der Waals surface area contributed by atoms with Gasteiger partial charge in [-0.1, -0.05) is 15.9 Å². The highest BCUT2D eigenvalue weighted by atomic mass is 79.9. The molecule has 0 bridgehead atoms. The third-order valence-corrected chi connectivity index (χ3v) is 5.88. The largest absolute Gasteiger partial charge is 0.455 e. The Kier molecular flexibility index (Phi) is 7.42. The fraction of sp³-hybridized carbons (Fsp3) is 0.176. The monoisotopic (exact) mass is 472 g/mol. The van der Waals surface area contributed by atoms with Crippen molar-refractivity contribution in [1.29, 1.82) is 0 Å². The average Bonchev–Trinajstić information content (AvgIpc) is 2.59. The van der Waals surface area contributed by atoms with E-state index in [1.807, 2.05) is 25.1 Å². The van der Waals surface area contributed by atoms with E-state index >= 15 is 0 Å². The van der Waals surface area contributed by atoms with Crippen molar-refractivity contribution in [2.24, 2.45) is 5.14 Å². The van der Waals surface area contributed by atoms with Gasteiger partial charge in [0, 0.05) is 15.1 Å². The molecule has 7 nitrogen and oxygen atoms in total. The minimum absolute atomic E-state index is 0.0628. The van der Waals surface area contributed by atoms with Gasteiger partial charge in [-0.3, -0.25) is 9.59 Å². The second-order valence-corrected chi connectivity index (χ2v) is 8.97. The van der Waals surface area contributed by atoms with E-state index in [-0.39, 0.29) is 10.6 Å². The normalized spacial score (nSPS) is 11.1. The van der Waals surface area contributed by atoms with Gasteiger partial charge in [0.15, 0.2) is 6.61 Å². The summed E-state index contributed by atoms with van der Waals surface area (Å²) in [6.45, 7) is 1.50. The molecule has 0 saturated carbocycles. The molecule has 2 aromatic carbocycles. The molecular weight excluding hydrogens is 456 g/mol. The van der Waals surface area contributed by atoms with Gasteiger partial charge in [-0.2, -0.15) is 0 Å². The van der Waals surface area contributed by atoms with E-state index in [1.54, 1.807) is 0 Å². The lowest BCUT2D eigenvalue weighted by molar-refractivity contribution is -0.144. The molecule has 0 spiro atoms. The number of ether oxygens (including phenoxy) is 1. The van der Waals surface area contributed by atoms with Crippen LogP contribution >= 0.6 is 27.7 Å². The zero-order valence-corrected chi connectivity index (χ0v) is 17.5. The fourth-order valence-electron chi connectivity index (χ4n) is 2.02. The third kappa shape index (κ3) is 6.98. The standard InChI is InChI=1S/C17H17BrN2O5S2/c1-11-8-12(18)2-7-15(11)26-10-17(22)25-9-16(21)20-13-3-5-14(6-4-13)27(19,23)24/h2-8H,9-10H2,1H3,(H,20,21)(H2,19,23,24). The highest BCUT2D eigenvalue weighted by Crippen LogP contribution is 2.25. The summed E-state index contributed by atoms with van der Waals surface area (Å²) >= 11 is 4.70. The summed E-state index contributed by atoms with van der Waals surface area (Å²) in [5.74, 6) is -0.961. The number of halogens is 1. The van der Waals surface area contributed by atoms with Crippen molar-refractivity contribution < 1.29 is 22.7 Å². The molecular formula is C17H17BrN2O5S2. The Labute approximate surface area is 169 Å². The van der Waals surface area contributed by atoms with Gasteiger partial charge in [-0.05, 0) is 55.0 Å². The Morgan fingerprint density at radius 2 is 1.85 bits per heavy atom. The van der Waals surface area contributed by atoms with Crippen LogP contribution in [0.4, 0.5) is 5.69 Å². The number of hydrogen-bond acceptors (Lipinski definition) is 6. The fourth-order valence-corrected chi connectivity index (χ4v) is 3.82. The first kappa shape index (κ1) is 21.4. The van der Waals surface area contributed by atoms with Crippen LogP contribution < -0.4 is 10.5 Å². The van der Waals surface area contributed by atoms with Crippen LogP contribution in [0.1, 0.15) is 5.56 Å². The predicted molar refractivity (Wildman–Crippen MR) is 107 cm³/mol. The number of aryl methyl sites for hydroxylation is 1. The van der Waals surface area contributed by atoms with Gasteiger partial charge >= 0.3 is 5.97 Å². The van der Waals surface area contributed by atoms with Gasteiger partial charge in [0.2, 0.25) is 10.0 Å². The molecule has 2 aromatic rings. The molecule has 144 valence electrons. The Bertz CT molecular complexity index is 946. The van der Waals surface area contributed by atoms with Crippen LogP contribution in [0.5, 0.6) is 0 Å². The quantitative estimate of drug-likeness (QED) is 0.472. The summed E-state index contributed by atoms with van der Waals surface area (Å²) in [6.07, 6.45) is 0. The molecule has 2 rings (SSSR count). The maximum absolute atomic E-state index is 11.8. The molecule has 0 fully saturated rings. The third-order valence-electron chi connectivity index (χ3n) is 3.31. The number of primary sulfonamides is 1. The van der Waals surface area contributed by atoms with E-state index < -0.39 is 28.5 Å². The number of sulfonamides is 1. The smallest absolute Gasteiger partial charge is 0.316 e. The number of anilines is 1. The number of rotatable bonds is 7. The number of hydrogen-bond donors (Lipinski definition) is 2. The Morgan fingerprint density at radius 3 is 2.44 bits per heavy atom. The van der Waals surface area contributed by atoms with E-state index in [2.05, 4.69) is 21.2 Å². The lowest BCUT2D eigenvalue weighted by Crippen LogP contribution is -2.21. The van der Waals surface area contributed by atoms with Gasteiger partial charge in [0.1, 0.15) is 0 Å². The highest BCUT2D eigenvalue weighted by Gasteiger charge is 2.11. The molecule has 0 unspecified atom stereocenters. The first-order valence-corrected chi connectivity index (χ1v) is 10.9. The van der Waals surface area contributed by atoms with Crippen LogP contribution in [0.25, 0.3) is 0 Å². The van der Waals surface area contributed by atoms with Crippen molar-refractivity contribution in [2.45, 2.75) is 16.7 Å². The molecule has 0 aliphatic carbocycles. The molecule has 10 heteroatoms. The Morgan fingerprint density at radius 1 is 1.19 bits per heavy atom. The minimum atomic E-state index is -3.79. The number of thioether (sulfide) groups is 1. The summed E-state index contributed by atoms with van der Waals surface area (Å²) in [7, 11) is -3.79. The summed E-state index contributed by atoms with van der Waals surface area (Å²) in [5.41, 5.74) is 1.39.